The van der Waals surface area contributed by atoms with Crippen molar-refractivity contribution in [3.63, 3.8) is 0 Å². The SMILES string of the molecule is CCOC(=O)CNC(=O)[C@H](CS)NC(=O)CC[C@H](N)C(=O)OCC.O=C(O)C(F)(F)F. The number of halogens is 3. The number of carboxylic acid groups (broad SMARTS) is 1. The van der Waals surface area contributed by atoms with Crippen molar-refractivity contribution in [1.29, 1.82) is 0 Å². The van der Waals surface area contributed by atoms with Crippen molar-refractivity contribution in [3.8, 4) is 0 Å². The topological polar surface area (TPSA) is 174 Å². The first kappa shape index (κ1) is 30.6. The van der Waals surface area contributed by atoms with Crippen molar-refractivity contribution in [2.75, 3.05) is 25.5 Å². The van der Waals surface area contributed by atoms with Crippen LogP contribution in [0.4, 0.5) is 13.2 Å². The number of carboxylic acids is 1. The molecule has 2 amide bonds. The fraction of sp³-hybridized carbons (Fsp3) is 0.688. The Bertz CT molecular complexity index is 619. The summed E-state index contributed by atoms with van der Waals surface area (Å²) in [5.74, 6) is -4.88. The van der Waals surface area contributed by atoms with Crippen LogP contribution >= 0.6 is 12.6 Å². The van der Waals surface area contributed by atoms with Gasteiger partial charge in [-0.1, -0.05) is 0 Å². The van der Waals surface area contributed by atoms with Crippen molar-refractivity contribution >= 4 is 42.4 Å². The van der Waals surface area contributed by atoms with E-state index in [1.807, 2.05) is 0 Å². The van der Waals surface area contributed by atoms with Crippen LogP contribution in [-0.4, -0.2) is 78.6 Å². The standard InChI is InChI=1S/C14H25N3O6S.C2HF3O2/c1-3-22-12(19)7-16-13(20)10(8-24)17-11(18)6-5-9(15)14(21)23-4-2;3-2(4,5)1(6)7/h9-10,24H,3-8,15H2,1-2H3,(H,16,20)(H,17,18);(H,6,7)/t9-,10-;/m0./s1. The minimum atomic E-state index is -5.08. The molecule has 0 spiro atoms. The monoisotopic (exact) mass is 477 g/mol. The van der Waals surface area contributed by atoms with Crippen LogP contribution in [0.5, 0.6) is 0 Å². The van der Waals surface area contributed by atoms with Crippen molar-refractivity contribution in [3.05, 3.63) is 0 Å². The van der Waals surface area contributed by atoms with E-state index in [9.17, 15) is 32.3 Å². The van der Waals surface area contributed by atoms with Gasteiger partial charge in [-0.3, -0.25) is 19.2 Å². The summed E-state index contributed by atoms with van der Waals surface area (Å²) >= 11 is 3.99. The highest BCUT2D eigenvalue weighted by molar-refractivity contribution is 7.80. The molecule has 31 heavy (non-hydrogen) atoms. The molecule has 0 fully saturated rings. The molecule has 0 aromatic rings. The Labute approximate surface area is 181 Å². The van der Waals surface area contributed by atoms with Crippen LogP contribution in [0.3, 0.4) is 0 Å². The minimum Gasteiger partial charge on any atom is -0.475 e. The highest BCUT2D eigenvalue weighted by Crippen LogP contribution is 2.13. The number of hydrogen-bond acceptors (Lipinski definition) is 9. The van der Waals surface area contributed by atoms with E-state index in [0.717, 1.165) is 0 Å². The molecule has 0 rings (SSSR count). The number of thiol groups is 1. The summed E-state index contributed by atoms with van der Waals surface area (Å²) in [6.07, 6.45) is -5.04. The van der Waals surface area contributed by atoms with Crippen LogP contribution in [0.25, 0.3) is 0 Å². The van der Waals surface area contributed by atoms with Gasteiger partial charge in [0.1, 0.15) is 18.6 Å². The average molecular weight is 477 g/mol. The third-order valence-corrected chi connectivity index (χ3v) is 3.43. The molecule has 0 unspecified atom stereocenters. The van der Waals surface area contributed by atoms with Gasteiger partial charge in [-0.05, 0) is 20.3 Å². The van der Waals surface area contributed by atoms with Gasteiger partial charge in [-0.25, -0.2) is 4.79 Å². The molecule has 0 saturated heterocycles. The Morgan fingerprint density at radius 2 is 1.61 bits per heavy atom. The fourth-order valence-electron chi connectivity index (χ4n) is 1.61. The Balaban J connectivity index is 0. The maximum atomic E-state index is 11.9. The van der Waals surface area contributed by atoms with Gasteiger partial charge in [-0.15, -0.1) is 0 Å². The molecule has 0 aromatic carbocycles. The maximum absolute atomic E-state index is 11.9. The molecule has 15 heteroatoms. The molecule has 0 aromatic heterocycles. The maximum Gasteiger partial charge on any atom is 0.490 e. The number of aliphatic carboxylic acids is 1. The van der Waals surface area contributed by atoms with Crippen LogP contribution in [0.2, 0.25) is 0 Å². The molecule has 0 saturated carbocycles. The smallest absolute Gasteiger partial charge is 0.475 e. The number of amides is 2. The summed E-state index contributed by atoms with van der Waals surface area (Å²) in [7, 11) is 0. The molecule has 11 nitrogen and oxygen atoms in total. The van der Waals surface area contributed by atoms with E-state index in [1.54, 1.807) is 13.8 Å². The van der Waals surface area contributed by atoms with Gasteiger partial charge in [0.2, 0.25) is 11.8 Å². The quantitative estimate of drug-likeness (QED) is 0.192. The first-order chi connectivity index (χ1) is 14.3. The van der Waals surface area contributed by atoms with E-state index in [4.69, 9.17) is 20.4 Å². The van der Waals surface area contributed by atoms with Gasteiger partial charge in [0.15, 0.2) is 0 Å². The molecule has 0 aliphatic carbocycles. The lowest BCUT2D eigenvalue weighted by molar-refractivity contribution is -0.192. The predicted octanol–water partition coefficient (Wildman–Crippen LogP) is -0.616. The van der Waals surface area contributed by atoms with E-state index in [0.29, 0.717) is 0 Å². The lowest BCUT2D eigenvalue weighted by Crippen LogP contribution is -2.49. The van der Waals surface area contributed by atoms with Gasteiger partial charge < -0.3 is 30.9 Å². The normalized spacial score (nSPS) is 12.4. The van der Waals surface area contributed by atoms with E-state index in [2.05, 4.69) is 28.0 Å². The number of carbonyl (C=O) groups is 5. The van der Waals surface area contributed by atoms with Gasteiger partial charge >= 0.3 is 24.1 Å². The van der Waals surface area contributed by atoms with Crippen LogP contribution in [0.1, 0.15) is 26.7 Å². The molecule has 0 radical (unpaired) electrons. The van der Waals surface area contributed by atoms with E-state index < -0.39 is 48.0 Å². The summed E-state index contributed by atoms with van der Waals surface area (Å²) in [6.45, 7) is 3.44. The minimum absolute atomic E-state index is 0.0460. The average Bonchev–Trinajstić information content (AvgIpc) is 2.68. The number of alkyl halides is 3. The van der Waals surface area contributed by atoms with Crippen LogP contribution in [0.15, 0.2) is 0 Å². The lowest BCUT2D eigenvalue weighted by atomic mass is 10.1. The number of nitrogens with two attached hydrogens (primary N) is 1. The highest BCUT2D eigenvalue weighted by atomic mass is 32.1. The van der Waals surface area contributed by atoms with Crippen LogP contribution in [0, 0.1) is 0 Å². The zero-order valence-electron chi connectivity index (χ0n) is 16.9. The number of hydrogen-bond donors (Lipinski definition) is 5. The molecule has 0 aliphatic rings. The third kappa shape index (κ3) is 15.9. The van der Waals surface area contributed by atoms with Crippen molar-refractivity contribution in [1.82, 2.24) is 10.6 Å². The number of esters is 2. The van der Waals surface area contributed by atoms with Crippen LogP contribution < -0.4 is 16.4 Å². The number of ether oxygens (including phenoxy) is 2. The largest absolute Gasteiger partial charge is 0.490 e. The van der Waals surface area contributed by atoms with E-state index in [1.165, 1.54) is 0 Å². The molecule has 180 valence electrons. The fourth-order valence-corrected chi connectivity index (χ4v) is 1.87. The Morgan fingerprint density at radius 1 is 1.10 bits per heavy atom. The molecule has 2 atom stereocenters. The van der Waals surface area contributed by atoms with Crippen molar-refractivity contribution in [2.24, 2.45) is 5.73 Å². The first-order valence-corrected chi connectivity index (χ1v) is 9.49. The molecular weight excluding hydrogens is 451 g/mol. The first-order valence-electron chi connectivity index (χ1n) is 8.85. The zero-order valence-corrected chi connectivity index (χ0v) is 17.8. The number of rotatable bonds is 11. The summed E-state index contributed by atoms with van der Waals surface area (Å²) < 4.78 is 41.1. The molecule has 5 N–H and O–H groups in total. The zero-order chi connectivity index (χ0) is 24.6. The lowest BCUT2D eigenvalue weighted by Gasteiger charge is -2.17. The van der Waals surface area contributed by atoms with Gasteiger partial charge in [0, 0.05) is 12.2 Å². The summed E-state index contributed by atoms with van der Waals surface area (Å²) in [6, 6.07) is -1.81. The van der Waals surface area contributed by atoms with Crippen molar-refractivity contribution < 1.29 is 51.7 Å². The third-order valence-electron chi connectivity index (χ3n) is 3.06. The molecule has 0 heterocycles. The number of carbonyl (C=O) groups excluding carboxylic acids is 4. The van der Waals surface area contributed by atoms with E-state index >= 15 is 0 Å². The second kappa shape index (κ2) is 16.2. The molecule has 0 bridgehead atoms. The van der Waals surface area contributed by atoms with Crippen LogP contribution in [-0.2, 0) is 33.4 Å². The Hall–Kier alpha value is -2.55. The summed E-state index contributed by atoms with van der Waals surface area (Å²) in [5, 5.41) is 11.9. The highest BCUT2D eigenvalue weighted by Gasteiger charge is 2.38. The van der Waals surface area contributed by atoms with Crippen molar-refractivity contribution in [2.45, 2.75) is 44.9 Å². The second-order valence-corrected chi connectivity index (χ2v) is 5.89. The van der Waals surface area contributed by atoms with E-state index in [-0.39, 0.29) is 38.4 Å². The summed E-state index contributed by atoms with van der Waals surface area (Å²) in [4.78, 5) is 55.1. The summed E-state index contributed by atoms with van der Waals surface area (Å²) in [5.41, 5.74) is 5.58. The van der Waals surface area contributed by atoms with Gasteiger partial charge in [-0.2, -0.15) is 25.8 Å². The molecule has 0 aliphatic heterocycles. The molecular formula is C16H26F3N3O8S. The number of nitrogens with one attached hydrogen (secondary N) is 2. The van der Waals surface area contributed by atoms with Gasteiger partial charge in [0.05, 0.1) is 13.2 Å². The Morgan fingerprint density at radius 3 is 2.03 bits per heavy atom. The van der Waals surface area contributed by atoms with Gasteiger partial charge in [0.25, 0.3) is 0 Å². The predicted molar refractivity (Wildman–Crippen MR) is 103 cm³/mol. The second-order valence-electron chi connectivity index (χ2n) is 5.53. The Kier molecular flexibility index (Phi) is 16.0.